The number of carbonyl (C=O) groups excluding carboxylic acids is 2. The van der Waals surface area contributed by atoms with Gasteiger partial charge >= 0.3 is 11.9 Å². The fourth-order valence-corrected chi connectivity index (χ4v) is 8.95. The number of carbonyl (C=O) groups is 2. The molecule has 0 aliphatic heterocycles. The molecule has 0 saturated heterocycles. The minimum atomic E-state index is -2.03. The maximum Gasteiger partial charge on any atom is 0.335 e. The molecule has 0 aromatic carbocycles. The van der Waals surface area contributed by atoms with E-state index in [4.69, 9.17) is 56.8 Å². The summed E-state index contributed by atoms with van der Waals surface area (Å²) < 4.78 is 81.7. The molecule has 0 amide bonds. The van der Waals surface area contributed by atoms with Crippen LogP contribution in [0.15, 0.2) is 49.0 Å². The second kappa shape index (κ2) is 21.1. The zero-order valence-corrected chi connectivity index (χ0v) is 37.2. The normalized spacial score (nSPS) is 26.2. The van der Waals surface area contributed by atoms with Crippen molar-refractivity contribution in [3.63, 3.8) is 0 Å². The molecule has 328 valence electrons. The molecule has 2 aliphatic rings. The maximum atomic E-state index is 13.2. The fraction of sp³-hybridized carbons (Fsp3) is 0.767. The zero-order chi connectivity index (χ0) is 43.3. The molecule has 14 heteroatoms. The van der Waals surface area contributed by atoms with E-state index < -0.39 is 63.5 Å². The molecule has 0 saturated carbocycles. The van der Waals surface area contributed by atoms with Crippen molar-refractivity contribution in [1.82, 2.24) is 0 Å². The van der Waals surface area contributed by atoms with Crippen molar-refractivity contribution in [2.24, 2.45) is 17.3 Å². The molecule has 0 radical (unpaired) electrons. The number of hydrogen-bond donors (Lipinski definition) is 0. The molecule has 14 nitrogen and oxygen atoms in total. The Morgan fingerprint density at radius 2 is 0.754 bits per heavy atom. The average molecular weight is 813 g/mol. The first-order chi connectivity index (χ1) is 27.0. The third-order valence-corrected chi connectivity index (χ3v) is 10.8. The van der Waals surface area contributed by atoms with Gasteiger partial charge < -0.3 is 56.8 Å². The van der Waals surface area contributed by atoms with Crippen molar-refractivity contribution in [3.8, 4) is 0 Å². The molecule has 0 N–H and O–H groups in total. The molecule has 4 atom stereocenters. The highest BCUT2D eigenvalue weighted by atomic mass is 16.8. The predicted molar refractivity (Wildman–Crippen MR) is 213 cm³/mol. The summed E-state index contributed by atoms with van der Waals surface area (Å²) in [5.74, 6) is -10.7. The lowest BCUT2D eigenvalue weighted by Gasteiger charge is -2.70. The van der Waals surface area contributed by atoms with Gasteiger partial charge in [-0.2, -0.15) is 0 Å². The Balaban J connectivity index is 3.73. The first-order valence-corrected chi connectivity index (χ1v) is 20.6. The van der Waals surface area contributed by atoms with Gasteiger partial charge in [-0.05, 0) is 95.2 Å². The van der Waals surface area contributed by atoms with Gasteiger partial charge in [0.1, 0.15) is 11.5 Å². The summed E-state index contributed by atoms with van der Waals surface area (Å²) in [6, 6.07) is 0. The number of esters is 2. The Morgan fingerprint density at radius 3 is 0.965 bits per heavy atom. The van der Waals surface area contributed by atoms with E-state index in [1.165, 1.54) is 0 Å². The first-order valence-electron chi connectivity index (χ1n) is 20.6. The van der Waals surface area contributed by atoms with E-state index in [1.54, 1.807) is 26.0 Å². The summed E-state index contributed by atoms with van der Waals surface area (Å²) >= 11 is 0. The van der Waals surface area contributed by atoms with Crippen LogP contribution in [0.4, 0.5) is 0 Å². The van der Waals surface area contributed by atoms with Crippen LogP contribution in [0.25, 0.3) is 0 Å². The van der Waals surface area contributed by atoms with E-state index in [-0.39, 0.29) is 77.6 Å². The van der Waals surface area contributed by atoms with Crippen molar-refractivity contribution in [3.05, 3.63) is 49.0 Å². The quantitative estimate of drug-likeness (QED) is 0.0495. The van der Waals surface area contributed by atoms with Crippen LogP contribution in [0.2, 0.25) is 0 Å². The van der Waals surface area contributed by atoms with Gasteiger partial charge in [0.2, 0.25) is 11.6 Å². The number of hydrogen-bond acceptors (Lipinski definition) is 14. The third kappa shape index (κ3) is 7.96. The summed E-state index contributed by atoms with van der Waals surface area (Å²) in [4.78, 5) is 26.5. The van der Waals surface area contributed by atoms with E-state index >= 15 is 0 Å². The molecule has 0 bridgehead atoms. The van der Waals surface area contributed by atoms with E-state index in [9.17, 15) is 9.59 Å². The molecule has 2 rings (SSSR count). The van der Waals surface area contributed by atoms with E-state index in [2.05, 4.69) is 13.2 Å². The van der Waals surface area contributed by atoms with E-state index in [0.29, 0.717) is 0 Å². The highest BCUT2D eigenvalue weighted by Gasteiger charge is 2.86. The van der Waals surface area contributed by atoms with Crippen LogP contribution in [0.5, 0.6) is 0 Å². The van der Waals surface area contributed by atoms with Crippen molar-refractivity contribution in [2.45, 2.75) is 131 Å². The van der Waals surface area contributed by atoms with Gasteiger partial charge in [-0.3, -0.25) is 0 Å². The van der Waals surface area contributed by atoms with Crippen molar-refractivity contribution >= 4 is 11.9 Å². The van der Waals surface area contributed by atoms with Gasteiger partial charge in [0.05, 0.1) is 11.8 Å². The topological polar surface area (TPSA) is 145 Å². The highest BCUT2D eigenvalue weighted by molar-refractivity contribution is 5.82. The summed E-state index contributed by atoms with van der Waals surface area (Å²) in [5.41, 5.74) is -5.56. The third-order valence-electron chi connectivity index (χ3n) is 10.8. The minimum absolute atomic E-state index is 0.0478. The molecular formula is C43H72O14. The SMILES string of the molecule is C=CC(=O)OC1=CC(OCC)(C(C)(C)C2(OCC)C=C(OC(=O)C=C)C(C)C(OCC)(OCC)C2(OCC)OCC)C(OCC)(OCC)C(OCC)(OCC)C1C. The van der Waals surface area contributed by atoms with Gasteiger partial charge in [0.25, 0.3) is 11.6 Å². The smallest absolute Gasteiger partial charge is 0.335 e. The lowest BCUT2D eigenvalue weighted by atomic mass is 9.51. The van der Waals surface area contributed by atoms with Crippen LogP contribution >= 0.6 is 0 Å². The Bertz CT molecular complexity index is 1280. The second-order valence-corrected chi connectivity index (χ2v) is 13.8. The molecule has 57 heavy (non-hydrogen) atoms. The Hall–Kier alpha value is -2.50. The van der Waals surface area contributed by atoms with Gasteiger partial charge in [0.15, 0.2) is 11.2 Å². The lowest BCUT2D eigenvalue weighted by molar-refractivity contribution is -0.505. The van der Waals surface area contributed by atoms with Crippen molar-refractivity contribution in [1.29, 1.82) is 0 Å². The summed E-state index contributed by atoms with van der Waals surface area (Å²) in [5, 5.41) is 0. The molecule has 4 unspecified atom stereocenters. The van der Waals surface area contributed by atoms with Crippen LogP contribution in [-0.2, 0) is 66.4 Å². The Kier molecular flexibility index (Phi) is 18.8. The van der Waals surface area contributed by atoms with Crippen LogP contribution in [0.1, 0.15) is 96.9 Å². The van der Waals surface area contributed by atoms with E-state index in [1.807, 2.05) is 83.1 Å². The predicted octanol–water partition coefficient (Wildman–Crippen LogP) is 7.17. The van der Waals surface area contributed by atoms with Gasteiger partial charge in [-0.25, -0.2) is 9.59 Å². The summed E-state index contributed by atoms with van der Waals surface area (Å²) in [7, 11) is 0. The molecule has 0 fully saturated rings. The second-order valence-electron chi connectivity index (χ2n) is 13.8. The largest absolute Gasteiger partial charge is 0.428 e. The Morgan fingerprint density at radius 1 is 0.509 bits per heavy atom. The summed E-state index contributed by atoms with van der Waals surface area (Å²) in [6.07, 6.45) is 5.49. The number of ether oxygens (including phenoxy) is 12. The lowest BCUT2D eigenvalue weighted by Crippen LogP contribution is -2.87. The van der Waals surface area contributed by atoms with Crippen LogP contribution in [0.3, 0.4) is 0 Å². The maximum absolute atomic E-state index is 13.2. The standard InChI is InChI=1S/C43H72O14/c1-17-35(44)56-33-29-38(46-19-3,42(52-25-9,53-26-10)40(31(33)13,48-21-5)49-22-6)37(15,16)39(47-20-4)30-34(57-36(45)18-2)32(14)41(50-23-7,51-24-8)43(39,54-27-11)55-28-12/h17-18,29-32H,1-2,19-28H2,3-16H3. The highest BCUT2D eigenvalue weighted by Crippen LogP contribution is 2.68. The summed E-state index contributed by atoms with van der Waals surface area (Å²) in [6.45, 7) is 33.7. The molecule has 0 aromatic heterocycles. The fourth-order valence-electron chi connectivity index (χ4n) is 8.95. The number of rotatable bonds is 26. The minimum Gasteiger partial charge on any atom is -0.428 e. The molecule has 0 aromatic rings. The van der Waals surface area contributed by atoms with Crippen LogP contribution in [-0.4, -0.2) is 112 Å². The first kappa shape index (κ1) is 50.6. The molecule has 0 heterocycles. The van der Waals surface area contributed by atoms with Crippen molar-refractivity contribution < 1.29 is 66.4 Å². The van der Waals surface area contributed by atoms with Crippen molar-refractivity contribution in [2.75, 3.05) is 66.1 Å². The monoisotopic (exact) mass is 812 g/mol. The van der Waals surface area contributed by atoms with Gasteiger partial charge in [0, 0.05) is 83.6 Å². The van der Waals surface area contributed by atoms with Crippen LogP contribution < -0.4 is 0 Å². The average Bonchev–Trinajstić information content (AvgIpc) is 3.17. The molecule has 2 aliphatic carbocycles. The van der Waals surface area contributed by atoms with E-state index in [0.717, 1.165) is 12.2 Å². The Labute approximate surface area is 341 Å². The zero-order valence-electron chi connectivity index (χ0n) is 37.2. The molecular weight excluding hydrogens is 740 g/mol. The van der Waals surface area contributed by atoms with Crippen LogP contribution in [0, 0.1) is 17.3 Å². The van der Waals surface area contributed by atoms with Gasteiger partial charge in [-0.1, -0.05) is 27.0 Å². The molecule has 0 spiro atoms. The van der Waals surface area contributed by atoms with Gasteiger partial charge in [-0.15, -0.1) is 0 Å².